The number of amides is 2. The van der Waals surface area contributed by atoms with Crippen LogP contribution in [0.4, 0.5) is 5.82 Å². The zero-order chi connectivity index (χ0) is 26.7. The lowest BCUT2D eigenvalue weighted by Crippen LogP contribution is -2.44. The predicted molar refractivity (Wildman–Crippen MR) is 150 cm³/mol. The van der Waals surface area contributed by atoms with E-state index >= 15 is 0 Å². The zero-order valence-corrected chi connectivity index (χ0v) is 23.0. The summed E-state index contributed by atoms with van der Waals surface area (Å²) < 4.78 is 5.88. The summed E-state index contributed by atoms with van der Waals surface area (Å²) in [5.41, 5.74) is 3.58. The molecule has 1 unspecified atom stereocenters. The first kappa shape index (κ1) is 24.6. The van der Waals surface area contributed by atoms with Crippen molar-refractivity contribution in [2.24, 2.45) is 16.8 Å². The Morgan fingerprint density at radius 3 is 2.69 bits per heavy atom. The number of hydrogen-bond acceptors (Lipinski definition) is 6. The van der Waals surface area contributed by atoms with Gasteiger partial charge in [0.05, 0.1) is 6.54 Å². The molecule has 0 bridgehead atoms. The number of amidine groups is 1. The van der Waals surface area contributed by atoms with Gasteiger partial charge in [0.15, 0.2) is 11.6 Å². The summed E-state index contributed by atoms with van der Waals surface area (Å²) in [5, 5.41) is 0. The third-order valence-corrected chi connectivity index (χ3v) is 9.29. The van der Waals surface area contributed by atoms with Gasteiger partial charge < -0.3 is 14.5 Å². The van der Waals surface area contributed by atoms with Crippen molar-refractivity contribution in [2.75, 3.05) is 44.7 Å². The van der Waals surface area contributed by atoms with Gasteiger partial charge in [0.1, 0.15) is 18.0 Å². The number of aromatic nitrogens is 1. The Kier molecular flexibility index (Phi) is 5.90. The third-order valence-electron chi connectivity index (χ3n) is 9.29. The second kappa shape index (κ2) is 9.35. The molecule has 3 fully saturated rings. The third kappa shape index (κ3) is 4.28. The number of anilines is 1. The lowest BCUT2D eigenvalue weighted by atomic mass is 9.97. The Labute approximate surface area is 230 Å². The van der Waals surface area contributed by atoms with Crippen LogP contribution in [0.25, 0.3) is 11.1 Å². The molecule has 1 atom stereocenters. The molecule has 7 rings (SSSR count). The SMILES string of the molecule is Cc1cc(-c2cnc3c(c2)OCCN3C)ccc1C1=NC2(CCCC2)C(=O)N1CC1CCN(C(=O)C2CC2)C1. The molecule has 2 aromatic rings. The highest BCUT2D eigenvalue weighted by Crippen LogP contribution is 2.42. The van der Waals surface area contributed by atoms with Crippen LogP contribution in [0.15, 0.2) is 35.5 Å². The molecule has 8 nitrogen and oxygen atoms in total. The average molecular weight is 528 g/mol. The van der Waals surface area contributed by atoms with E-state index in [1.165, 1.54) is 0 Å². The monoisotopic (exact) mass is 527 g/mol. The van der Waals surface area contributed by atoms with E-state index in [0.717, 1.165) is 104 Å². The van der Waals surface area contributed by atoms with Crippen LogP contribution in [0.3, 0.4) is 0 Å². The second-order valence-electron chi connectivity index (χ2n) is 12.1. The molecule has 39 heavy (non-hydrogen) atoms. The minimum absolute atomic E-state index is 0.158. The van der Waals surface area contributed by atoms with Crippen LogP contribution in [0.2, 0.25) is 0 Å². The maximum atomic E-state index is 13.9. The number of nitrogens with zero attached hydrogens (tertiary/aromatic N) is 5. The molecule has 1 spiro atoms. The quantitative estimate of drug-likeness (QED) is 0.586. The maximum absolute atomic E-state index is 13.9. The number of fused-ring (bicyclic) bond motifs is 1. The van der Waals surface area contributed by atoms with Gasteiger partial charge >= 0.3 is 0 Å². The molecular formula is C31H37N5O3. The van der Waals surface area contributed by atoms with E-state index in [9.17, 15) is 9.59 Å². The number of benzene rings is 1. The standard InChI is InChI=1S/C31H37N5O3/c1-20-15-23(24-16-26-28(32-17-24)34(2)13-14-39-26)7-8-25(20)27-33-31(10-3-4-11-31)30(38)36(27)19-21-9-12-35(18-21)29(37)22-5-6-22/h7-8,15-17,21-22H,3-6,9-14,18-19H2,1-2H3. The van der Waals surface area contributed by atoms with Crippen LogP contribution < -0.4 is 9.64 Å². The molecule has 5 aliphatic rings. The molecule has 3 aliphatic heterocycles. The Balaban J connectivity index is 1.16. The van der Waals surface area contributed by atoms with E-state index in [1.54, 1.807) is 0 Å². The van der Waals surface area contributed by atoms with Gasteiger partial charge in [-0.1, -0.05) is 31.0 Å². The first-order valence-electron chi connectivity index (χ1n) is 14.6. The minimum atomic E-state index is -0.603. The van der Waals surface area contributed by atoms with E-state index in [4.69, 9.17) is 9.73 Å². The minimum Gasteiger partial charge on any atom is -0.488 e. The van der Waals surface area contributed by atoms with Crippen molar-refractivity contribution >= 4 is 23.5 Å². The van der Waals surface area contributed by atoms with Gasteiger partial charge in [-0.25, -0.2) is 4.98 Å². The normalized spacial score (nSPS) is 23.8. The van der Waals surface area contributed by atoms with Crippen LogP contribution in [0, 0.1) is 18.8 Å². The zero-order valence-electron chi connectivity index (χ0n) is 23.0. The van der Waals surface area contributed by atoms with Crippen molar-refractivity contribution in [3.63, 3.8) is 0 Å². The van der Waals surface area contributed by atoms with Gasteiger partial charge in [0.2, 0.25) is 5.91 Å². The number of likely N-dealkylation sites (N-methyl/N-ethyl adjacent to an activating group) is 1. The second-order valence-corrected chi connectivity index (χ2v) is 12.1. The molecule has 0 N–H and O–H groups in total. The topological polar surface area (TPSA) is 78.3 Å². The molecule has 1 saturated heterocycles. The van der Waals surface area contributed by atoms with Gasteiger partial charge in [0.25, 0.3) is 5.91 Å². The molecule has 1 aromatic heterocycles. The number of ether oxygens (including phenoxy) is 1. The largest absolute Gasteiger partial charge is 0.488 e. The van der Waals surface area contributed by atoms with Crippen molar-refractivity contribution in [3.05, 3.63) is 41.6 Å². The fourth-order valence-corrected chi connectivity index (χ4v) is 6.83. The molecule has 2 aliphatic carbocycles. The number of likely N-dealkylation sites (tertiary alicyclic amines) is 1. The van der Waals surface area contributed by atoms with Gasteiger partial charge in [0, 0.05) is 49.9 Å². The average Bonchev–Trinajstić information content (AvgIpc) is 3.39. The van der Waals surface area contributed by atoms with Crippen LogP contribution >= 0.6 is 0 Å². The van der Waals surface area contributed by atoms with Crippen molar-refractivity contribution < 1.29 is 14.3 Å². The van der Waals surface area contributed by atoms with E-state index in [1.807, 2.05) is 23.0 Å². The molecule has 0 radical (unpaired) electrons. The summed E-state index contributed by atoms with van der Waals surface area (Å²) in [6, 6.07) is 8.45. The Morgan fingerprint density at radius 2 is 1.92 bits per heavy atom. The molecule has 2 saturated carbocycles. The van der Waals surface area contributed by atoms with Crippen molar-refractivity contribution in [2.45, 2.75) is 57.4 Å². The van der Waals surface area contributed by atoms with Crippen LogP contribution in [-0.2, 0) is 9.59 Å². The Bertz CT molecular complexity index is 1360. The molecule has 1 aromatic carbocycles. The highest BCUT2D eigenvalue weighted by atomic mass is 16.5. The predicted octanol–water partition coefficient (Wildman–Crippen LogP) is 4.05. The summed E-state index contributed by atoms with van der Waals surface area (Å²) in [5.74, 6) is 3.50. The highest BCUT2D eigenvalue weighted by Gasteiger charge is 2.51. The summed E-state index contributed by atoms with van der Waals surface area (Å²) in [6.07, 6.45) is 8.67. The van der Waals surface area contributed by atoms with Crippen LogP contribution in [0.1, 0.15) is 56.1 Å². The van der Waals surface area contributed by atoms with Crippen LogP contribution in [-0.4, -0.2) is 77.8 Å². The molecule has 8 heteroatoms. The highest BCUT2D eigenvalue weighted by molar-refractivity contribution is 6.16. The molecular weight excluding hydrogens is 490 g/mol. The Hall–Kier alpha value is -3.42. The number of aliphatic imine (C=N–C) groups is 1. The maximum Gasteiger partial charge on any atom is 0.256 e. The van der Waals surface area contributed by atoms with E-state index < -0.39 is 5.54 Å². The fraction of sp³-hybridized carbons (Fsp3) is 0.548. The summed E-state index contributed by atoms with van der Waals surface area (Å²) >= 11 is 0. The summed E-state index contributed by atoms with van der Waals surface area (Å²) in [4.78, 5) is 42.5. The number of carbonyl (C=O) groups is 2. The van der Waals surface area contributed by atoms with Crippen molar-refractivity contribution in [1.82, 2.24) is 14.8 Å². The van der Waals surface area contributed by atoms with Crippen molar-refractivity contribution in [1.29, 1.82) is 0 Å². The summed E-state index contributed by atoms with van der Waals surface area (Å²) in [6.45, 7) is 5.79. The van der Waals surface area contributed by atoms with Gasteiger partial charge in [-0.05, 0) is 62.1 Å². The van der Waals surface area contributed by atoms with E-state index in [-0.39, 0.29) is 17.7 Å². The number of aryl methyl sites for hydroxylation is 1. The number of carbonyl (C=O) groups excluding carboxylic acids is 2. The fourth-order valence-electron chi connectivity index (χ4n) is 6.83. The number of hydrogen-bond donors (Lipinski definition) is 0. The number of rotatable bonds is 5. The first-order valence-corrected chi connectivity index (χ1v) is 14.6. The van der Waals surface area contributed by atoms with E-state index in [2.05, 4.69) is 41.1 Å². The van der Waals surface area contributed by atoms with Crippen molar-refractivity contribution in [3.8, 4) is 16.9 Å². The van der Waals surface area contributed by atoms with Crippen LogP contribution in [0.5, 0.6) is 5.75 Å². The first-order chi connectivity index (χ1) is 18.9. The lowest BCUT2D eigenvalue weighted by Gasteiger charge is -2.27. The number of pyridine rings is 1. The molecule has 2 amide bonds. The molecule has 4 heterocycles. The molecule has 204 valence electrons. The summed E-state index contributed by atoms with van der Waals surface area (Å²) in [7, 11) is 2.04. The Morgan fingerprint density at radius 1 is 1.10 bits per heavy atom. The van der Waals surface area contributed by atoms with Gasteiger partial charge in [-0.3, -0.25) is 19.5 Å². The smallest absolute Gasteiger partial charge is 0.256 e. The van der Waals surface area contributed by atoms with Gasteiger partial charge in [-0.2, -0.15) is 0 Å². The van der Waals surface area contributed by atoms with Gasteiger partial charge in [-0.15, -0.1) is 0 Å². The van der Waals surface area contributed by atoms with E-state index in [0.29, 0.717) is 19.1 Å². The lowest BCUT2D eigenvalue weighted by molar-refractivity contribution is -0.131.